The first kappa shape index (κ1) is 14.3. The molecular formula is C14H14ClFN4. The fourth-order valence-electron chi connectivity index (χ4n) is 1.97. The molecule has 104 valence electrons. The van der Waals surface area contributed by atoms with Gasteiger partial charge in [-0.15, -0.1) is 12.4 Å². The van der Waals surface area contributed by atoms with E-state index in [0.29, 0.717) is 5.65 Å². The van der Waals surface area contributed by atoms with Crippen molar-refractivity contribution in [2.45, 2.75) is 0 Å². The number of rotatable bonds is 2. The average molecular weight is 293 g/mol. The molecule has 0 radical (unpaired) electrons. The third kappa shape index (κ3) is 2.44. The van der Waals surface area contributed by atoms with Gasteiger partial charge in [-0.2, -0.15) is 0 Å². The maximum atomic E-state index is 13.3. The van der Waals surface area contributed by atoms with E-state index in [0.717, 1.165) is 17.1 Å². The smallest absolute Gasteiger partial charge is 0.139 e. The number of hydrogen-bond acceptors (Lipinski definition) is 3. The molecule has 0 aliphatic heterocycles. The maximum absolute atomic E-state index is 13.3. The number of halogens is 2. The van der Waals surface area contributed by atoms with Crippen LogP contribution in [0, 0.1) is 5.82 Å². The highest BCUT2D eigenvalue weighted by Crippen LogP contribution is 2.22. The highest BCUT2D eigenvalue weighted by molar-refractivity contribution is 5.85. The Morgan fingerprint density at radius 1 is 1.05 bits per heavy atom. The molecule has 3 rings (SSSR count). The molecule has 20 heavy (non-hydrogen) atoms. The molecule has 3 aromatic heterocycles. The van der Waals surface area contributed by atoms with E-state index < -0.39 is 0 Å². The second-order valence-corrected chi connectivity index (χ2v) is 4.52. The summed E-state index contributed by atoms with van der Waals surface area (Å²) in [6, 6.07) is 6.94. The molecule has 0 spiro atoms. The topological polar surface area (TPSA) is 33.4 Å². The lowest BCUT2D eigenvalue weighted by molar-refractivity contribution is 0.619. The van der Waals surface area contributed by atoms with E-state index in [1.165, 1.54) is 12.3 Å². The summed E-state index contributed by atoms with van der Waals surface area (Å²) in [4.78, 5) is 10.5. The van der Waals surface area contributed by atoms with Crippen LogP contribution in [0.5, 0.6) is 0 Å². The van der Waals surface area contributed by atoms with Crippen molar-refractivity contribution in [3.63, 3.8) is 0 Å². The minimum atomic E-state index is -0.287. The molecule has 0 aliphatic rings. The Morgan fingerprint density at radius 2 is 1.85 bits per heavy atom. The number of anilines is 1. The Hall–Kier alpha value is -2.14. The zero-order valence-corrected chi connectivity index (χ0v) is 11.9. The monoisotopic (exact) mass is 292 g/mol. The molecule has 0 aromatic carbocycles. The summed E-state index contributed by atoms with van der Waals surface area (Å²) in [5.41, 5.74) is 2.45. The van der Waals surface area contributed by atoms with E-state index in [2.05, 4.69) is 9.97 Å². The van der Waals surface area contributed by atoms with Crippen LogP contribution in [0.4, 0.5) is 10.2 Å². The van der Waals surface area contributed by atoms with Gasteiger partial charge in [0.25, 0.3) is 0 Å². The Kier molecular flexibility index (Phi) is 3.90. The van der Waals surface area contributed by atoms with Crippen molar-refractivity contribution in [1.29, 1.82) is 0 Å². The van der Waals surface area contributed by atoms with Gasteiger partial charge < -0.3 is 4.90 Å². The van der Waals surface area contributed by atoms with Gasteiger partial charge in [0.2, 0.25) is 0 Å². The molecule has 0 unspecified atom stereocenters. The maximum Gasteiger partial charge on any atom is 0.139 e. The largest absolute Gasteiger partial charge is 0.363 e. The minimum Gasteiger partial charge on any atom is -0.363 e. The van der Waals surface area contributed by atoms with Crippen LogP contribution in [0.1, 0.15) is 0 Å². The van der Waals surface area contributed by atoms with Crippen LogP contribution < -0.4 is 4.90 Å². The van der Waals surface area contributed by atoms with Crippen molar-refractivity contribution < 1.29 is 4.39 Å². The second kappa shape index (κ2) is 5.46. The molecule has 0 fully saturated rings. The molecule has 0 saturated heterocycles. The van der Waals surface area contributed by atoms with Crippen LogP contribution in [0.25, 0.3) is 16.9 Å². The van der Waals surface area contributed by atoms with Crippen LogP contribution in [0.15, 0.2) is 42.9 Å². The Balaban J connectivity index is 0.00000147. The summed E-state index contributed by atoms with van der Waals surface area (Å²) in [5.74, 6) is 0.591. The standard InChI is InChI=1S/C14H13FN4.ClH/c1-18(2)13-5-3-10(7-16-13)12-8-17-14-6-4-11(15)9-19(12)14;/h3-9H,1-2H3;1H. The summed E-state index contributed by atoms with van der Waals surface area (Å²) in [6.45, 7) is 0. The third-order valence-electron chi connectivity index (χ3n) is 2.97. The molecule has 0 atom stereocenters. The number of pyridine rings is 2. The van der Waals surface area contributed by atoms with Gasteiger partial charge in [0.1, 0.15) is 17.3 Å². The SMILES string of the molecule is CN(C)c1ccc(-c2cnc3ccc(F)cn23)cn1.Cl. The molecule has 3 heterocycles. The van der Waals surface area contributed by atoms with E-state index in [1.54, 1.807) is 22.9 Å². The van der Waals surface area contributed by atoms with Crippen molar-refractivity contribution >= 4 is 23.9 Å². The Labute approximate surface area is 122 Å². The zero-order valence-electron chi connectivity index (χ0n) is 11.1. The predicted molar refractivity (Wildman–Crippen MR) is 80.0 cm³/mol. The third-order valence-corrected chi connectivity index (χ3v) is 2.97. The van der Waals surface area contributed by atoms with Crippen LogP contribution in [-0.4, -0.2) is 28.5 Å². The van der Waals surface area contributed by atoms with Gasteiger partial charge in [-0.05, 0) is 24.3 Å². The Bertz CT molecular complexity index is 722. The summed E-state index contributed by atoms with van der Waals surface area (Å²) in [5, 5.41) is 0. The zero-order chi connectivity index (χ0) is 13.4. The molecule has 0 aliphatic carbocycles. The number of nitrogens with zero attached hydrogens (tertiary/aromatic N) is 4. The van der Waals surface area contributed by atoms with E-state index >= 15 is 0 Å². The van der Waals surface area contributed by atoms with Crippen LogP contribution >= 0.6 is 12.4 Å². The summed E-state index contributed by atoms with van der Waals surface area (Å²) in [6.07, 6.45) is 4.92. The van der Waals surface area contributed by atoms with Gasteiger partial charge in [0, 0.05) is 32.1 Å². The van der Waals surface area contributed by atoms with E-state index in [-0.39, 0.29) is 18.2 Å². The average Bonchev–Trinajstić information content (AvgIpc) is 2.81. The van der Waals surface area contributed by atoms with Crippen molar-refractivity contribution in [1.82, 2.24) is 14.4 Å². The van der Waals surface area contributed by atoms with Gasteiger partial charge >= 0.3 is 0 Å². The molecule has 3 aromatic rings. The first-order chi connectivity index (χ1) is 9.15. The highest BCUT2D eigenvalue weighted by Gasteiger charge is 2.07. The van der Waals surface area contributed by atoms with Gasteiger partial charge in [-0.25, -0.2) is 14.4 Å². The fraction of sp³-hybridized carbons (Fsp3) is 0.143. The highest BCUT2D eigenvalue weighted by atomic mass is 35.5. The molecular weight excluding hydrogens is 279 g/mol. The first-order valence-electron chi connectivity index (χ1n) is 5.91. The normalized spacial score (nSPS) is 10.3. The molecule has 0 bridgehead atoms. The van der Waals surface area contributed by atoms with Gasteiger partial charge in [0.05, 0.1) is 11.9 Å². The second-order valence-electron chi connectivity index (χ2n) is 4.52. The molecule has 0 N–H and O–H groups in total. The number of hydrogen-bond donors (Lipinski definition) is 0. The van der Waals surface area contributed by atoms with E-state index in [1.807, 2.05) is 31.1 Å². The van der Waals surface area contributed by atoms with Crippen LogP contribution in [0.3, 0.4) is 0 Å². The van der Waals surface area contributed by atoms with E-state index in [4.69, 9.17) is 0 Å². The number of imidazole rings is 1. The molecule has 4 nitrogen and oxygen atoms in total. The Morgan fingerprint density at radius 3 is 2.50 bits per heavy atom. The van der Waals surface area contributed by atoms with Crippen LogP contribution in [0.2, 0.25) is 0 Å². The van der Waals surface area contributed by atoms with Crippen LogP contribution in [-0.2, 0) is 0 Å². The van der Waals surface area contributed by atoms with Crippen molar-refractivity contribution in [3.8, 4) is 11.3 Å². The summed E-state index contributed by atoms with van der Waals surface area (Å²) >= 11 is 0. The fourth-order valence-corrected chi connectivity index (χ4v) is 1.97. The van der Waals surface area contributed by atoms with Crippen molar-refractivity contribution in [3.05, 3.63) is 48.7 Å². The quantitative estimate of drug-likeness (QED) is 0.728. The van der Waals surface area contributed by atoms with Gasteiger partial charge in [-0.1, -0.05) is 0 Å². The first-order valence-corrected chi connectivity index (χ1v) is 5.91. The molecule has 0 saturated carbocycles. The lowest BCUT2D eigenvalue weighted by Crippen LogP contribution is -2.10. The summed E-state index contributed by atoms with van der Waals surface area (Å²) < 4.78 is 15.0. The molecule has 0 amide bonds. The number of aromatic nitrogens is 3. The predicted octanol–water partition coefficient (Wildman–Crippen LogP) is 3.02. The number of fused-ring (bicyclic) bond motifs is 1. The minimum absolute atomic E-state index is 0. The van der Waals surface area contributed by atoms with E-state index in [9.17, 15) is 4.39 Å². The van der Waals surface area contributed by atoms with Gasteiger partial charge in [0.15, 0.2) is 0 Å². The summed E-state index contributed by atoms with van der Waals surface area (Å²) in [7, 11) is 3.87. The van der Waals surface area contributed by atoms with Crippen molar-refractivity contribution in [2.75, 3.05) is 19.0 Å². The van der Waals surface area contributed by atoms with Gasteiger partial charge in [-0.3, -0.25) is 4.40 Å². The lowest BCUT2D eigenvalue weighted by Gasteiger charge is -2.11. The van der Waals surface area contributed by atoms with Crippen molar-refractivity contribution in [2.24, 2.45) is 0 Å². The lowest BCUT2D eigenvalue weighted by atomic mass is 10.2. The molecule has 6 heteroatoms.